The summed E-state index contributed by atoms with van der Waals surface area (Å²) in [5.74, 6) is -0.162. The van der Waals surface area contributed by atoms with Gasteiger partial charge < -0.3 is 15.0 Å². The molecule has 0 spiro atoms. The van der Waals surface area contributed by atoms with E-state index in [9.17, 15) is 15.0 Å². The molecule has 0 saturated heterocycles. The highest BCUT2D eigenvalue weighted by molar-refractivity contribution is 5.71. The molecule has 0 fully saturated rings. The summed E-state index contributed by atoms with van der Waals surface area (Å²) in [6.07, 6.45) is 3.63. The molecule has 2 atom stereocenters. The highest BCUT2D eigenvalue weighted by Crippen LogP contribution is 2.41. The predicted molar refractivity (Wildman–Crippen MR) is 76.2 cm³/mol. The Hall–Kier alpha value is -1.51. The molecule has 0 heterocycles. The number of aliphatic carboxylic acids is 1. The first-order valence-corrected chi connectivity index (χ1v) is 7.38. The Kier molecular flexibility index (Phi) is 4.07. The molecule has 0 unspecified atom stereocenters. The topological polar surface area (TPSA) is 60.4 Å². The van der Waals surface area contributed by atoms with Gasteiger partial charge in [-0.1, -0.05) is 33.3 Å². The van der Waals surface area contributed by atoms with Crippen molar-refractivity contribution < 1.29 is 15.0 Å². The Labute approximate surface area is 120 Å². The van der Waals surface area contributed by atoms with E-state index in [1.165, 1.54) is 11.1 Å². The molecular formula is C17H23O3-. The van der Waals surface area contributed by atoms with Gasteiger partial charge in [0.15, 0.2) is 0 Å². The summed E-state index contributed by atoms with van der Waals surface area (Å²) in [5.41, 5.74) is 1.64. The lowest BCUT2D eigenvalue weighted by molar-refractivity contribution is -0.321. The molecule has 0 amide bonds. The fourth-order valence-corrected chi connectivity index (χ4v) is 3.70. The Morgan fingerprint density at radius 2 is 2.15 bits per heavy atom. The number of carboxylic acid groups (broad SMARTS) is 1. The zero-order valence-corrected chi connectivity index (χ0v) is 12.5. The highest BCUT2D eigenvalue weighted by Gasteiger charge is 2.36. The number of benzene rings is 1. The first-order chi connectivity index (χ1) is 9.36. The van der Waals surface area contributed by atoms with Gasteiger partial charge in [0.1, 0.15) is 5.75 Å². The molecule has 1 N–H and O–H groups in total. The molecule has 3 nitrogen and oxygen atoms in total. The third-order valence-corrected chi connectivity index (χ3v) is 4.92. The van der Waals surface area contributed by atoms with E-state index in [0.717, 1.165) is 25.7 Å². The van der Waals surface area contributed by atoms with Crippen molar-refractivity contribution in [2.75, 3.05) is 0 Å². The second-order valence-electron chi connectivity index (χ2n) is 6.48. The summed E-state index contributed by atoms with van der Waals surface area (Å²) >= 11 is 0. The van der Waals surface area contributed by atoms with Crippen LogP contribution in [0.4, 0.5) is 0 Å². The van der Waals surface area contributed by atoms with E-state index in [2.05, 4.69) is 6.92 Å². The Bertz CT molecular complexity index is 505. The third kappa shape index (κ3) is 2.67. The first-order valence-electron chi connectivity index (χ1n) is 7.38. The van der Waals surface area contributed by atoms with Crippen molar-refractivity contribution in [2.24, 2.45) is 17.3 Å². The molecule has 0 bridgehead atoms. The molecule has 1 aromatic rings. The van der Waals surface area contributed by atoms with Crippen LogP contribution in [0.3, 0.4) is 0 Å². The van der Waals surface area contributed by atoms with E-state index in [1.54, 1.807) is 19.9 Å². The quantitative estimate of drug-likeness (QED) is 0.917. The number of hydrogen-bond donors (Lipinski definition) is 1. The van der Waals surface area contributed by atoms with Gasteiger partial charge in [0.25, 0.3) is 0 Å². The molecule has 0 aromatic heterocycles. The van der Waals surface area contributed by atoms with Gasteiger partial charge in [-0.2, -0.15) is 0 Å². The molecule has 1 aromatic carbocycles. The number of aromatic hydroxyl groups is 1. The number of rotatable bonds is 4. The summed E-state index contributed by atoms with van der Waals surface area (Å²) < 4.78 is 0. The summed E-state index contributed by atoms with van der Waals surface area (Å²) in [5, 5.41) is 20.9. The van der Waals surface area contributed by atoms with Crippen LogP contribution in [0.1, 0.15) is 44.7 Å². The zero-order valence-electron chi connectivity index (χ0n) is 12.5. The molecule has 1 aliphatic carbocycles. The minimum atomic E-state index is -0.958. The highest BCUT2D eigenvalue weighted by atomic mass is 16.4. The minimum Gasteiger partial charge on any atom is -0.550 e. The maximum absolute atomic E-state index is 11.4. The number of phenolic OH excluding ortho intramolecular Hbond substituents is 1. The van der Waals surface area contributed by atoms with Crippen molar-refractivity contribution in [2.45, 2.75) is 46.5 Å². The summed E-state index contributed by atoms with van der Waals surface area (Å²) in [4.78, 5) is 11.4. The number of carbonyl (C=O) groups excluding carboxylic acids is 1. The summed E-state index contributed by atoms with van der Waals surface area (Å²) in [6.45, 7) is 5.62. The standard InChI is InChI=1S/C17H24O3/c1-4-15(17(2,3)16(19)20)13-6-5-12-10-14(18)8-7-11(12)9-13/h7-8,10,13,15,18H,4-6,9H2,1-3H3,(H,19,20)/p-1/t13-,15+/m1/s1. The molecule has 1 aliphatic rings. The number of carbonyl (C=O) groups is 1. The molecular weight excluding hydrogens is 252 g/mol. The van der Waals surface area contributed by atoms with Gasteiger partial charge in [-0.3, -0.25) is 0 Å². The number of phenols is 1. The second-order valence-corrected chi connectivity index (χ2v) is 6.48. The van der Waals surface area contributed by atoms with Crippen molar-refractivity contribution >= 4 is 5.97 Å². The van der Waals surface area contributed by atoms with Crippen molar-refractivity contribution in [3.8, 4) is 5.75 Å². The molecule has 20 heavy (non-hydrogen) atoms. The van der Waals surface area contributed by atoms with E-state index in [-0.39, 0.29) is 5.92 Å². The van der Waals surface area contributed by atoms with E-state index in [0.29, 0.717) is 11.7 Å². The van der Waals surface area contributed by atoms with Gasteiger partial charge >= 0.3 is 0 Å². The number of aryl methyl sites for hydroxylation is 1. The van der Waals surface area contributed by atoms with Crippen LogP contribution >= 0.6 is 0 Å². The minimum absolute atomic E-state index is 0.120. The fraction of sp³-hybridized carbons (Fsp3) is 0.588. The fourth-order valence-electron chi connectivity index (χ4n) is 3.70. The number of carboxylic acids is 1. The van der Waals surface area contributed by atoms with Gasteiger partial charge in [0, 0.05) is 11.4 Å². The molecule has 3 heteroatoms. The SMILES string of the molecule is CC[C@@H]([C@@H]1CCc2cc(O)ccc2C1)C(C)(C)C(=O)[O-]. The number of hydrogen-bond acceptors (Lipinski definition) is 3. The van der Waals surface area contributed by atoms with Gasteiger partial charge in [0.05, 0.1) is 0 Å². The van der Waals surface area contributed by atoms with Crippen LogP contribution in [0.25, 0.3) is 0 Å². The van der Waals surface area contributed by atoms with Gasteiger partial charge in [-0.25, -0.2) is 0 Å². The Morgan fingerprint density at radius 3 is 2.75 bits per heavy atom. The van der Waals surface area contributed by atoms with Crippen LogP contribution in [-0.4, -0.2) is 11.1 Å². The maximum atomic E-state index is 11.4. The van der Waals surface area contributed by atoms with E-state index >= 15 is 0 Å². The Morgan fingerprint density at radius 1 is 1.45 bits per heavy atom. The van der Waals surface area contributed by atoms with E-state index in [1.807, 2.05) is 12.1 Å². The van der Waals surface area contributed by atoms with Gasteiger partial charge in [-0.15, -0.1) is 0 Å². The van der Waals surface area contributed by atoms with E-state index < -0.39 is 11.4 Å². The van der Waals surface area contributed by atoms with Gasteiger partial charge in [-0.05, 0) is 54.4 Å². The maximum Gasteiger partial charge on any atom is 0.115 e. The smallest absolute Gasteiger partial charge is 0.115 e. The van der Waals surface area contributed by atoms with Crippen LogP contribution in [0.5, 0.6) is 5.75 Å². The van der Waals surface area contributed by atoms with Crippen molar-refractivity contribution in [3.63, 3.8) is 0 Å². The lowest BCUT2D eigenvalue weighted by atomic mass is 9.65. The van der Waals surface area contributed by atoms with Crippen LogP contribution in [0.2, 0.25) is 0 Å². The Balaban J connectivity index is 2.23. The summed E-state index contributed by atoms with van der Waals surface area (Å²) in [6, 6.07) is 5.51. The molecule has 2 rings (SSSR count). The van der Waals surface area contributed by atoms with E-state index in [4.69, 9.17) is 0 Å². The third-order valence-electron chi connectivity index (χ3n) is 4.92. The predicted octanol–water partition coefficient (Wildman–Crippen LogP) is 2.30. The molecule has 0 saturated carbocycles. The van der Waals surface area contributed by atoms with Crippen LogP contribution < -0.4 is 5.11 Å². The first kappa shape index (κ1) is 14.9. The second kappa shape index (κ2) is 5.47. The van der Waals surface area contributed by atoms with Crippen molar-refractivity contribution in [1.82, 2.24) is 0 Å². The zero-order chi connectivity index (χ0) is 14.9. The number of fused-ring (bicyclic) bond motifs is 1. The monoisotopic (exact) mass is 275 g/mol. The van der Waals surface area contributed by atoms with Crippen molar-refractivity contribution in [1.29, 1.82) is 0 Å². The average molecular weight is 275 g/mol. The lowest BCUT2D eigenvalue weighted by Gasteiger charge is -2.42. The largest absolute Gasteiger partial charge is 0.550 e. The average Bonchev–Trinajstić information content (AvgIpc) is 2.39. The van der Waals surface area contributed by atoms with Crippen LogP contribution in [0.15, 0.2) is 18.2 Å². The van der Waals surface area contributed by atoms with Gasteiger partial charge in [0.2, 0.25) is 0 Å². The van der Waals surface area contributed by atoms with Crippen LogP contribution in [-0.2, 0) is 17.6 Å². The molecule has 110 valence electrons. The van der Waals surface area contributed by atoms with Crippen molar-refractivity contribution in [3.05, 3.63) is 29.3 Å². The molecule has 0 radical (unpaired) electrons. The lowest BCUT2D eigenvalue weighted by Crippen LogP contribution is -2.46. The normalized spacial score (nSPS) is 20.2. The van der Waals surface area contributed by atoms with Crippen LogP contribution in [0, 0.1) is 17.3 Å². The summed E-state index contributed by atoms with van der Waals surface area (Å²) in [7, 11) is 0. The molecule has 0 aliphatic heterocycles.